The van der Waals surface area contributed by atoms with Crippen molar-refractivity contribution >= 4 is 16.0 Å². The van der Waals surface area contributed by atoms with Gasteiger partial charge in [-0.3, -0.25) is 9.67 Å². The van der Waals surface area contributed by atoms with Crippen molar-refractivity contribution in [1.29, 1.82) is 0 Å². The third-order valence-corrected chi connectivity index (χ3v) is 6.13. The summed E-state index contributed by atoms with van der Waals surface area (Å²) in [5, 5.41) is 10.9. The first kappa shape index (κ1) is 22.5. The number of nitrogens with one attached hydrogen (secondary N) is 3. The standard InChI is InChI=1S/C22H28N6O2S/c1-23-22(25-14-18-7-5-8-19(13-18)17-31(29,30)24-2)26-15-20-9-3-4-10-21(20)16-28-12-6-11-27-28/h3-13,24H,14-17H2,1-2H3,(H2,23,25,26). The van der Waals surface area contributed by atoms with Crippen LogP contribution in [0.5, 0.6) is 0 Å². The van der Waals surface area contributed by atoms with Gasteiger partial charge in [0.25, 0.3) is 0 Å². The minimum Gasteiger partial charge on any atom is -0.352 e. The van der Waals surface area contributed by atoms with Crippen molar-refractivity contribution in [3.05, 3.63) is 89.2 Å². The molecule has 164 valence electrons. The maximum absolute atomic E-state index is 11.8. The molecule has 0 unspecified atom stereocenters. The van der Waals surface area contributed by atoms with Crippen LogP contribution in [0, 0.1) is 0 Å². The molecule has 0 bridgehead atoms. The number of nitrogens with zero attached hydrogens (tertiary/aromatic N) is 3. The fourth-order valence-electron chi connectivity index (χ4n) is 3.16. The van der Waals surface area contributed by atoms with Gasteiger partial charge in [-0.25, -0.2) is 13.1 Å². The van der Waals surface area contributed by atoms with E-state index < -0.39 is 10.0 Å². The van der Waals surface area contributed by atoms with Crippen LogP contribution in [0.4, 0.5) is 0 Å². The second-order valence-electron chi connectivity index (χ2n) is 7.03. The smallest absolute Gasteiger partial charge is 0.215 e. The van der Waals surface area contributed by atoms with Gasteiger partial charge in [-0.05, 0) is 35.4 Å². The predicted octanol–water partition coefficient (Wildman–Crippen LogP) is 1.85. The summed E-state index contributed by atoms with van der Waals surface area (Å²) in [7, 11) is -0.157. The van der Waals surface area contributed by atoms with Crippen LogP contribution in [0.2, 0.25) is 0 Å². The Morgan fingerprint density at radius 3 is 2.45 bits per heavy atom. The number of hydrogen-bond acceptors (Lipinski definition) is 4. The average molecular weight is 441 g/mol. The summed E-state index contributed by atoms with van der Waals surface area (Å²) in [6.45, 7) is 1.86. The molecule has 1 aromatic heterocycles. The lowest BCUT2D eigenvalue weighted by molar-refractivity contribution is 0.587. The first-order valence-corrected chi connectivity index (χ1v) is 11.6. The number of hydrogen-bond donors (Lipinski definition) is 3. The van der Waals surface area contributed by atoms with E-state index >= 15 is 0 Å². The van der Waals surface area contributed by atoms with E-state index in [1.54, 1.807) is 13.2 Å². The van der Waals surface area contributed by atoms with Crippen LogP contribution in [0.15, 0.2) is 72.0 Å². The van der Waals surface area contributed by atoms with Crippen LogP contribution in [0.25, 0.3) is 0 Å². The second-order valence-corrected chi connectivity index (χ2v) is 8.96. The SMILES string of the molecule is CN=C(NCc1cccc(CS(=O)(=O)NC)c1)NCc1ccccc1Cn1cccn1. The van der Waals surface area contributed by atoms with Gasteiger partial charge in [-0.15, -0.1) is 0 Å². The minimum absolute atomic E-state index is 0.0443. The Labute approximate surface area is 183 Å². The average Bonchev–Trinajstić information content (AvgIpc) is 3.28. The lowest BCUT2D eigenvalue weighted by Crippen LogP contribution is -2.36. The summed E-state index contributed by atoms with van der Waals surface area (Å²) >= 11 is 0. The number of aliphatic imine (C=N–C) groups is 1. The van der Waals surface area contributed by atoms with Crippen molar-refractivity contribution in [3.63, 3.8) is 0 Å². The Bertz CT molecular complexity index is 1110. The number of rotatable bonds is 9. The Morgan fingerprint density at radius 1 is 1.00 bits per heavy atom. The summed E-state index contributed by atoms with van der Waals surface area (Å²) in [6.07, 6.45) is 3.72. The van der Waals surface area contributed by atoms with Crippen LogP contribution < -0.4 is 15.4 Å². The molecule has 0 fully saturated rings. The van der Waals surface area contributed by atoms with Gasteiger partial charge in [-0.1, -0.05) is 48.5 Å². The Kier molecular flexibility index (Phi) is 7.80. The first-order chi connectivity index (χ1) is 15.0. The maximum atomic E-state index is 11.8. The topological polar surface area (TPSA) is 100 Å². The molecule has 3 N–H and O–H groups in total. The molecule has 0 spiro atoms. The fraction of sp³-hybridized carbons (Fsp3) is 0.273. The molecule has 3 aromatic rings. The largest absolute Gasteiger partial charge is 0.352 e. The van der Waals surface area contributed by atoms with E-state index in [2.05, 4.69) is 37.6 Å². The van der Waals surface area contributed by atoms with Crippen molar-refractivity contribution < 1.29 is 8.42 Å². The molecule has 31 heavy (non-hydrogen) atoms. The molecule has 0 atom stereocenters. The molecule has 8 nitrogen and oxygen atoms in total. The maximum Gasteiger partial charge on any atom is 0.215 e. The van der Waals surface area contributed by atoms with Crippen LogP contribution in [-0.2, 0) is 35.4 Å². The van der Waals surface area contributed by atoms with Gasteiger partial charge in [-0.2, -0.15) is 5.10 Å². The zero-order chi connectivity index (χ0) is 22.1. The second kappa shape index (κ2) is 10.7. The Morgan fingerprint density at radius 2 is 1.74 bits per heavy atom. The van der Waals surface area contributed by atoms with Crippen molar-refractivity contribution in [2.75, 3.05) is 14.1 Å². The number of aromatic nitrogens is 2. The molecule has 0 aliphatic carbocycles. The zero-order valence-corrected chi connectivity index (χ0v) is 18.6. The highest BCUT2D eigenvalue weighted by Gasteiger charge is 2.09. The van der Waals surface area contributed by atoms with Gasteiger partial charge in [0.05, 0.1) is 12.3 Å². The molecule has 0 aliphatic heterocycles. The molecule has 0 aliphatic rings. The highest BCUT2D eigenvalue weighted by atomic mass is 32.2. The predicted molar refractivity (Wildman–Crippen MR) is 123 cm³/mol. The van der Waals surface area contributed by atoms with Gasteiger partial charge in [0.1, 0.15) is 0 Å². The van der Waals surface area contributed by atoms with Crippen LogP contribution in [0.3, 0.4) is 0 Å². The summed E-state index contributed by atoms with van der Waals surface area (Å²) in [5.41, 5.74) is 4.07. The Balaban J connectivity index is 1.58. The summed E-state index contributed by atoms with van der Waals surface area (Å²) < 4.78 is 27.8. The third kappa shape index (κ3) is 6.94. The van der Waals surface area contributed by atoms with Crippen molar-refractivity contribution in [2.24, 2.45) is 4.99 Å². The van der Waals surface area contributed by atoms with Crippen LogP contribution in [-0.4, -0.2) is 38.3 Å². The van der Waals surface area contributed by atoms with Crippen molar-refractivity contribution in [2.45, 2.75) is 25.4 Å². The molecule has 9 heteroatoms. The minimum atomic E-state index is -3.30. The lowest BCUT2D eigenvalue weighted by Gasteiger charge is -2.15. The van der Waals surface area contributed by atoms with E-state index in [1.165, 1.54) is 18.2 Å². The molecule has 0 radical (unpaired) electrons. The van der Waals surface area contributed by atoms with E-state index in [1.807, 2.05) is 53.3 Å². The summed E-state index contributed by atoms with van der Waals surface area (Å²) in [5.74, 6) is 0.624. The third-order valence-electron chi connectivity index (χ3n) is 4.80. The van der Waals surface area contributed by atoms with Crippen LogP contribution >= 0.6 is 0 Å². The van der Waals surface area contributed by atoms with Crippen molar-refractivity contribution in [3.8, 4) is 0 Å². The molecule has 0 amide bonds. The number of benzene rings is 2. The molecule has 2 aromatic carbocycles. The molecular weight excluding hydrogens is 412 g/mol. The van der Waals surface area contributed by atoms with Crippen LogP contribution in [0.1, 0.15) is 22.3 Å². The number of guanidine groups is 1. The summed E-state index contributed by atoms with van der Waals surface area (Å²) in [6, 6.07) is 17.6. The van der Waals surface area contributed by atoms with E-state index in [0.717, 1.165) is 11.1 Å². The van der Waals surface area contributed by atoms with Gasteiger partial charge in [0.2, 0.25) is 10.0 Å². The first-order valence-electron chi connectivity index (χ1n) is 9.97. The molecule has 3 rings (SSSR count). The molecule has 1 heterocycles. The van der Waals surface area contributed by atoms with Crippen molar-refractivity contribution in [1.82, 2.24) is 25.1 Å². The highest BCUT2D eigenvalue weighted by Crippen LogP contribution is 2.11. The van der Waals surface area contributed by atoms with Gasteiger partial charge < -0.3 is 10.6 Å². The van der Waals surface area contributed by atoms with Gasteiger partial charge in [0.15, 0.2) is 5.96 Å². The molecule has 0 saturated heterocycles. The van der Waals surface area contributed by atoms with E-state index in [-0.39, 0.29) is 5.75 Å². The van der Waals surface area contributed by atoms with E-state index in [4.69, 9.17) is 0 Å². The normalized spacial score (nSPS) is 12.0. The van der Waals surface area contributed by atoms with Gasteiger partial charge in [0, 0.05) is 32.5 Å². The monoisotopic (exact) mass is 440 g/mol. The van der Waals surface area contributed by atoms with Gasteiger partial charge >= 0.3 is 0 Å². The Hall–Kier alpha value is -3.17. The fourth-order valence-corrected chi connectivity index (χ4v) is 3.92. The summed E-state index contributed by atoms with van der Waals surface area (Å²) in [4.78, 5) is 4.29. The van der Waals surface area contributed by atoms with E-state index in [0.29, 0.717) is 25.6 Å². The zero-order valence-electron chi connectivity index (χ0n) is 17.7. The quantitative estimate of drug-likeness (QED) is 0.348. The highest BCUT2D eigenvalue weighted by molar-refractivity contribution is 7.88. The molecular formula is C22H28N6O2S. The molecule has 0 saturated carbocycles. The number of sulfonamides is 1. The van der Waals surface area contributed by atoms with E-state index in [9.17, 15) is 8.42 Å². The lowest BCUT2D eigenvalue weighted by atomic mass is 10.1.